The van der Waals surface area contributed by atoms with E-state index in [-0.39, 0.29) is 16.8 Å². The summed E-state index contributed by atoms with van der Waals surface area (Å²) < 4.78 is 14.3. The Bertz CT molecular complexity index is 903. The van der Waals surface area contributed by atoms with Crippen LogP contribution >= 0.6 is 0 Å². The molecular weight excluding hydrogens is 311 g/mol. The number of hydrogen-bond donors (Lipinski definition) is 1. The van der Waals surface area contributed by atoms with Gasteiger partial charge in [-0.2, -0.15) is 5.26 Å². The van der Waals surface area contributed by atoms with Gasteiger partial charge < -0.3 is 5.11 Å². The van der Waals surface area contributed by atoms with Crippen LogP contribution in [0.1, 0.15) is 27.9 Å². The summed E-state index contributed by atoms with van der Waals surface area (Å²) in [5.41, 5.74) is -1.70. The zero-order valence-electron chi connectivity index (χ0n) is 12.8. The van der Waals surface area contributed by atoms with E-state index in [0.29, 0.717) is 10.5 Å². The lowest BCUT2D eigenvalue weighted by molar-refractivity contribution is -0.137. The Morgan fingerprint density at radius 3 is 2.62 bits per heavy atom. The third-order valence-electron chi connectivity index (χ3n) is 4.04. The number of rotatable bonds is 2. The van der Waals surface area contributed by atoms with E-state index in [2.05, 4.69) is 0 Å². The zero-order valence-corrected chi connectivity index (χ0v) is 12.8. The van der Waals surface area contributed by atoms with E-state index >= 15 is 0 Å². The third kappa shape index (κ3) is 2.18. The lowest BCUT2D eigenvalue weighted by Crippen LogP contribution is -2.55. The van der Waals surface area contributed by atoms with Crippen LogP contribution in [0.2, 0.25) is 0 Å². The van der Waals surface area contributed by atoms with E-state index < -0.39 is 29.7 Å². The molecule has 5 nitrogen and oxygen atoms in total. The van der Waals surface area contributed by atoms with Gasteiger partial charge in [-0.3, -0.25) is 9.59 Å². The molecule has 1 heterocycles. The van der Waals surface area contributed by atoms with E-state index in [4.69, 9.17) is 5.26 Å². The number of amides is 2. The fourth-order valence-electron chi connectivity index (χ4n) is 2.84. The number of nitriles is 1. The highest BCUT2D eigenvalue weighted by atomic mass is 19.1. The molecule has 0 saturated heterocycles. The summed E-state index contributed by atoms with van der Waals surface area (Å²) in [6.45, 7) is 1.67. The fourth-order valence-corrected chi connectivity index (χ4v) is 2.84. The Hall–Kier alpha value is -3.04. The second kappa shape index (κ2) is 5.55. The molecule has 1 aliphatic heterocycles. The number of carbonyl (C=O) groups excluding carboxylic acids is 2. The van der Waals surface area contributed by atoms with Gasteiger partial charge in [0, 0.05) is 11.1 Å². The molecule has 0 bridgehead atoms. The molecule has 1 N–H and O–H groups in total. The highest BCUT2D eigenvalue weighted by Crippen LogP contribution is 2.38. The molecule has 0 aromatic heterocycles. The fraction of sp³-hybridized carbons (Fsp3) is 0.167. The average Bonchev–Trinajstić information content (AvgIpc) is 2.55. The number of anilines is 1. The van der Waals surface area contributed by atoms with E-state index in [1.165, 1.54) is 24.3 Å². The van der Waals surface area contributed by atoms with Crippen molar-refractivity contribution in [1.29, 1.82) is 5.26 Å². The number of aryl methyl sites for hydroxylation is 1. The highest BCUT2D eigenvalue weighted by molar-refractivity contribution is 6.27. The Morgan fingerprint density at radius 2 is 1.96 bits per heavy atom. The van der Waals surface area contributed by atoms with Crippen molar-refractivity contribution in [3.63, 3.8) is 0 Å². The molecule has 1 aliphatic rings. The predicted octanol–water partition coefficient (Wildman–Crippen LogP) is 2.42. The van der Waals surface area contributed by atoms with Gasteiger partial charge in [-0.25, -0.2) is 9.29 Å². The van der Waals surface area contributed by atoms with Crippen molar-refractivity contribution >= 4 is 17.5 Å². The van der Waals surface area contributed by atoms with Crippen molar-refractivity contribution in [2.45, 2.75) is 18.9 Å². The van der Waals surface area contributed by atoms with Crippen LogP contribution in [0.4, 0.5) is 10.1 Å². The molecule has 120 valence electrons. The average molecular weight is 324 g/mol. The lowest BCUT2D eigenvalue weighted by Gasteiger charge is -2.37. The summed E-state index contributed by atoms with van der Waals surface area (Å²) in [5, 5.41) is 19.8. The highest BCUT2D eigenvalue weighted by Gasteiger charge is 2.50. The van der Waals surface area contributed by atoms with Crippen LogP contribution in [0, 0.1) is 24.1 Å². The molecule has 2 amide bonds. The smallest absolute Gasteiger partial charge is 0.271 e. The summed E-state index contributed by atoms with van der Waals surface area (Å²) in [7, 11) is 0. The number of benzene rings is 2. The Kier molecular flexibility index (Phi) is 3.66. The van der Waals surface area contributed by atoms with Gasteiger partial charge >= 0.3 is 0 Å². The second-order valence-corrected chi connectivity index (χ2v) is 5.64. The van der Waals surface area contributed by atoms with E-state index in [1.807, 2.05) is 0 Å². The molecule has 6 heteroatoms. The molecule has 3 rings (SSSR count). The van der Waals surface area contributed by atoms with Crippen molar-refractivity contribution < 1.29 is 19.1 Å². The molecule has 24 heavy (non-hydrogen) atoms. The first-order chi connectivity index (χ1) is 11.4. The van der Waals surface area contributed by atoms with Gasteiger partial charge in [0.2, 0.25) is 0 Å². The lowest BCUT2D eigenvalue weighted by atomic mass is 9.82. The number of imide groups is 1. The Morgan fingerprint density at radius 1 is 1.25 bits per heavy atom. The largest absolute Gasteiger partial charge is 0.374 e. The molecule has 0 radical (unpaired) electrons. The van der Waals surface area contributed by atoms with Crippen LogP contribution in [0.3, 0.4) is 0 Å². The molecular formula is C18H13FN2O3. The maximum Gasteiger partial charge on any atom is 0.271 e. The van der Waals surface area contributed by atoms with Gasteiger partial charge in [0.25, 0.3) is 11.8 Å². The first kappa shape index (κ1) is 15.8. The number of carbonyl (C=O) groups is 2. The van der Waals surface area contributed by atoms with Gasteiger partial charge in [-0.15, -0.1) is 0 Å². The summed E-state index contributed by atoms with van der Waals surface area (Å²) in [5.74, 6) is -2.52. The molecule has 0 spiro atoms. The number of nitrogens with zero attached hydrogens (tertiary/aromatic N) is 2. The van der Waals surface area contributed by atoms with Gasteiger partial charge in [-0.05, 0) is 30.7 Å². The minimum Gasteiger partial charge on any atom is -0.374 e. The normalized spacial score (nSPS) is 19.8. The molecule has 2 aromatic carbocycles. The molecule has 1 unspecified atom stereocenters. The third-order valence-corrected chi connectivity index (χ3v) is 4.04. The van der Waals surface area contributed by atoms with Crippen LogP contribution in [0.15, 0.2) is 42.5 Å². The first-order valence-electron chi connectivity index (χ1n) is 7.24. The maximum atomic E-state index is 14.3. The Labute approximate surface area is 137 Å². The van der Waals surface area contributed by atoms with E-state index in [0.717, 1.165) is 0 Å². The molecule has 1 atom stereocenters. The van der Waals surface area contributed by atoms with E-state index in [1.54, 1.807) is 31.2 Å². The zero-order chi connectivity index (χ0) is 17.5. The summed E-state index contributed by atoms with van der Waals surface area (Å²) >= 11 is 0. The Balaban J connectivity index is 2.25. The summed E-state index contributed by atoms with van der Waals surface area (Å²) in [6.07, 6.45) is -0.542. The van der Waals surface area contributed by atoms with Crippen LogP contribution in [-0.2, 0) is 10.4 Å². The van der Waals surface area contributed by atoms with Gasteiger partial charge in [0.15, 0.2) is 5.60 Å². The van der Waals surface area contributed by atoms with Crippen molar-refractivity contribution in [2.75, 3.05) is 4.90 Å². The number of fused-ring (bicyclic) bond motifs is 1. The van der Waals surface area contributed by atoms with Crippen molar-refractivity contribution in [2.24, 2.45) is 0 Å². The van der Waals surface area contributed by atoms with Crippen LogP contribution < -0.4 is 4.90 Å². The minimum absolute atomic E-state index is 0.0605. The summed E-state index contributed by atoms with van der Waals surface area (Å²) in [4.78, 5) is 26.1. The number of hydrogen-bond acceptors (Lipinski definition) is 4. The molecule has 2 aromatic rings. The molecule has 0 aliphatic carbocycles. The van der Waals surface area contributed by atoms with Crippen molar-refractivity contribution in [1.82, 2.24) is 0 Å². The standard InChI is InChI=1S/C18H13FN2O3/c1-11-6-7-15(14(19)10-11)21-16(22)12-4-2-3-5-13(12)18(24,8-9-20)17(21)23/h2-7,10,24H,8H2,1H3. The van der Waals surface area contributed by atoms with Crippen molar-refractivity contribution in [3.05, 3.63) is 65.0 Å². The van der Waals surface area contributed by atoms with Crippen LogP contribution in [-0.4, -0.2) is 16.9 Å². The first-order valence-corrected chi connectivity index (χ1v) is 7.24. The van der Waals surface area contributed by atoms with Gasteiger partial charge in [0.05, 0.1) is 18.2 Å². The number of halogens is 1. The monoisotopic (exact) mass is 324 g/mol. The second-order valence-electron chi connectivity index (χ2n) is 5.64. The minimum atomic E-state index is -2.20. The van der Waals surface area contributed by atoms with Crippen molar-refractivity contribution in [3.8, 4) is 6.07 Å². The molecule has 0 saturated carbocycles. The SMILES string of the molecule is Cc1ccc(N2C(=O)c3ccccc3C(O)(CC#N)C2=O)c(F)c1. The quantitative estimate of drug-likeness (QED) is 0.860. The van der Waals surface area contributed by atoms with Gasteiger partial charge in [-0.1, -0.05) is 24.3 Å². The molecule has 0 fully saturated rings. The van der Waals surface area contributed by atoms with Crippen LogP contribution in [0.5, 0.6) is 0 Å². The van der Waals surface area contributed by atoms with Crippen LogP contribution in [0.25, 0.3) is 0 Å². The maximum absolute atomic E-state index is 14.3. The predicted molar refractivity (Wildman–Crippen MR) is 83.5 cm³/mol. The summed E-state index contributed by atoms with van der Waals surface area (Å²) in [6, 6.07) is 11.8. The topological polar surface area (TPSA) is 81.4 Å². The number of aliphatic hydroxyl groups is 1. The van der Waals surface area contributed by atoms with Gasteiger partial charge in [0.1, 0.15) is 5.82 Å². The van der Waals surface area contributed by atoms with E-state index in [9.17, 15) is 19.1 Å².